The molecule has 0 spiro atoms. The van der Waals surface area contributed by atoms with Crippen LogP contribution < -0.4 is 10.6 Å². The molecule has 0 saturated carbocycles. The van der Waals surface area contributed by atoms with Crippen molar-refractivity contribution < 1.29 is 0 Å². The van der Waals surface area contributed by atoms with E-state index >= 15 is 0 Å². The Bertz CT molecular complexity index is 732. The van der Waals surface area contributed by atoms with Crippen LogP contribution in [-0.2, 0) is 25.9 Å². The average molecular weight is 400 g/mol. The molecule has 2 aromatic rings. The molecule has 152 valence electrons. The summed E-state index contributed by atoms with van der Waals surface area (Å²) in [6.45, 7) is 7.32. The highest BCUT2D eigenvalue weighted by Crippen LogP contribution is 2.13. The summed E-state index contributed by atoms with van der Waals surface area (Å²) in [5, 5.41) is 10.1. The highest BCUT2D eigenvalue weighted by atomic mass is 32.1. The highest BCUT2D eigenvalue weighted by Gasteiger charge is 2.10. The normalized spacial score (nSPS) is 15.6. The zero-order valence-electron chi connectivity index (χ0n) is 17.2. The first-order valence-corrected chi connectivity index (χ1v) is 11.3. The van der Waals surface area contributed by atoms with E-state index in [1.165, 1.54) is 48.5 Å². The van der Waals surface area contributed by atoms with Gasteiger partial charge in [0.05, 0.1) is 10.7 Å². The molecule has 3 rings (SSSR count). The minimum atomic E-state index is 0.778. The second-order valence-electron chi connectivity index (χ2n) is 7.34. The van der Waals surface area contributed by atoms with E-state index < -0.39 is 0 Å². The number of piperidine rings is 1. The van der Waals surface area contributed by atoms with Crippen molar-refractivity contribution >= 4 is 17.3 Å². The number of nitrogens with zero attached hydrogens (tertiary/aromatic N) is 3. The number of aromatic nitrogens is 1. The summed E-state index contributed by atoms with van der Waals surface area (Å²) in [4.78, 5) is 11.5. The van der Waals surface area contributed by atoms with Crippen molar-refractivity contribution in [2.24, 2.45) is 4.99 Å². The lowest BCUT2D eigenvalue weighted by atomic mass is 10.1. The number of rotatable bonds is 8. The fraction of sp³-hybridized carbons (Fsp3) is 0.545. The van der Waals surface area contributed by atoms with Gasteiger partial charge in [0.1, 0.15) is 0 Å². The average Bonchev–Trinajstić information content (AvgIpc) is 3.20. The van der Waals surface area contributed by atoms with Crippen LogP contribution >= 0.6 is 11.3 Å². The molecule has 0 bridgehead atoms. The third kappa shape index (κ3) is 6.60. The van der Waals surface area contributed by atoms with Crippen LogP contribution in [0.15, 0.2) is 34.6 Å². The van der Waals surface area contributed by atoms with E-state index in [4.69, 9.17) is 0 Å². The van der Waals surface area contributed by atoms with Gasteiger partial charge in [0.15, 0.2) is 5.96 Å². The van der Waals surface area contributed by atoms with Gasteiger partial charge in [-0.05, 0) is 43.5 Å². The van der Waals surface area contributed by atoms with Gasteiger partial charge in [-0.1, -0.05) is 37.6 Å². The van der Waals surface area contributed by atoms with E-state index in [2.05, 4.69) is 62.1 Å². The van der Waals surface area contributed by atoms with Crippen molar-refractivity contribution in [1.29, 1.82) is 0 Å². The standard InChI is InChI=1S/C22H33N5S/c1-3-21-26-20(17-28-21)11-12-24-22(23-2)25-15-18-7-9-19(10-8-18)16-27-13-5-4-6-14-27/h7-10,17H,3-6,11-16H2,1-2H3,(H2,23,24,25). The molecule has 6 heteroatoms. The van der Waals surface area contributed by atoms with Gasteiger partial charge in [0, 0.05) is 38.5 Å². The predicted octanol–water partition coefficient (Wildman–Crippen LogP) is 3.60. The van der Waals surface area contributed by atoms with Crippen LogP contribution in [-0.4, -0.2) is 42.5 Å². The molecule has 0 unspecified atom stereocenters. The lowest BCUT2D eigenvalue weighted by Gasteiger charge is -2.26. The fourth-order valence-corrected chi connectivity index (χ4v) is 4.26. The van der Waals surface area contributed by atoms with Gasteiger partial charge in [0.25, 0.3) is 0 Å². The van der Waals surface area contributed by atoms with E-state index in [0.29, 0.717) is 0 Å². The first-order valence-electron chi connectivity index (χ1n) is 10.4. The summed E-state index contributed by atoms with van der Waals surface area (Å²) in [6, 6.07) is 8.97. The Morgan fingerprint density at radius 2 is 1.86 bits per heavy atom. The molecule has 0 radical (unpaired) electrons. The first kappa shape index (κ1) is 20.8. The minimum Gasteiger partial charge on any atom is -0.356 e. The van der Waals surface area contributed by atoms with Crippen LogP contribution in [0.25, 0.3) is 0 Å². The quantitative estimate of drug-likeness (QED) is 0.526. The van der Waals surface area contributed by atoms with Crippen molar-refractivity contribution in [2.75, 3.05) is 26.7 Å². The smallest absolute Gasteiger partial charge is 0.191 e. The third-order valence-electron chi connectivity index (χ3n) is 5.14. The number of thiazole rings is 1. The largest absolute Gasteiger partial charge is 0.356 e. The van der Waals surface area contributed by atoms with Crippen LogP contribution in [0.1, 0.15) is 48.0 Å². The van der Waals surface area contributed by atoms with E-state index in [9.17, 15) is 0 Å². The molecule has 0 aliphatic carbocycles. The minimum absolute atomic E-state index is 0.778. The van der Waals surface area contributed by atoms with Gasteiger partial charge in [-0.3, -0.25) is 9.89 Å². The van der Waals surface area contributed by atoms with E-state index in [1.807, 2.05) is 7.05 Å². The number of likely N-dealkylation sites (tertiary alicyclic amines) is 1. The van der Waals surface area contributed by atoms with Crippen molar-refractivity contribution in [1.82, 2.24) is 20.5 Å². The van der Waals surface area contributed by atoms with Gasteiger partial charge in [-0.25, -0.2) is 4.98 Å². The maximum atomic E-state index is 4.61. The summed E-state index contributed by atoms with van der Waals surface area (Å²) < 4.78 is 0. The number of aliphatic imine (C=N–C) groups is 1. The van der Waals surface area contributed by atoms with Crippen molar-refractivity contribution in [3.05, 3.63) is 51.5 Å². The molecule has 1 aliphatic rings. The Kier molecular flexibility index (Phi) is 8.30. The number of aryl methyl sites for hydroxylation is 1. The molecule has 1 saturated heterocycles. The summed E-state index contributed by atoms with van der Waals surface area (Å²) in [5.74, 6) is 0.836. The van der Waals surface area contributed by atoms with Crippen LogP contribution in [0.3, 0.4) is 0 Å². The molecular formula is C22H33N5S. The monoisotopic (exact) mass is 399 g/mol. The van der Waals surface area contributed by atoms with Gasteiger partial charge in [-0.2, -0.15) is 0 Å². The molecule has 1 aromatic heterocycles. The summed E-state index contributed by atoms with van der Waals surface area (Å²) >= 11 is 1.75. The molecule has 1 fully saturated rings. The van der Waals surface area contributed by atoms with Gasteiger partial charge in [-0.15, -0.1) is 11.3 Å². The summed E-state index contributed by atoms with van der Waals surface area (Å²) in [7, 11) is 1.81. The number of nitrogens with one attached hydrogen (secondary N) is 2. The van der Waals surface area contributed by atoms with Crippen molar-refractivity contribution in [3.63, 3.8) is 0 Å². The number of benzene rings is 1. The molecular weight excluding hydrogens is 366 g/mol. The van der Waals surface area contributed by atoms with E-state index in [-0.39, 0.29) is 0 Å². The fourth-order valence-electron chi connectivity index (χ4n) is 3.48. The summed E-state index contributed by atoms with van der Waals surface area (Å²) in [5.41, 5.74) is 3.84. The molecule has 2 N–H and O–H groups in total. The Hall–Kier alpha value is -1.92. The molecule has 1 aromatic carbocycles. The summed E-state index contributed by atoms with van der Waals surface area (Å²) in [6.07, 6.45) is 6.01. The Labute approximate surface area is 173 Å². The first-order chi connectivity index (χ1) is 13.8. The molecule has 0 amide bonds. The second kappa shape index (κ2) is 11.2. The maximum absolute atomic E-state index is 4.61. The lowest BCUT2D eigenvalue weighted by molar-refractivity contribution is 0.221. The zero-order valence-corrected chi connectivity index (χ0v) is 18.0. The van der Waals surface area contributed by atoms with E-state index in [1.54, 1.807) is 11.3 Å². The van der Waals surface area contributed by atoms with Crippen LogP contribution in [0.2, 0.25) is 0 Å². The SMILES string of the molecule is CCc1nc(CCNC(=NC)NCc2ccc(CN3CCCCC3)cc2)cs1. The van der Waals surface area contributed by atoms with Crippen molar-refractivity contribution in [2.45, 2.75) is 52.1 Å². The number of hydrogen-bond donors (Lipinski definition) is 2. The second-order valence-corrected chi connectivity index (χ2v) is 8.28. The Morgan fingerprint density at radius 1 is 1.11 bits per heavy atom. The van der Waals surface area contributed by atoms with Crippen LogP contribution in [0.5, 0.6) is 0 Å². The Morgan fingerprint density at radius 3 is 2.54 bits per heavy atom. The van der Waals surface area contributed by atoms with Crippen LogP contribution in [0.4, 0.5) is 0 Å². The molecule has 5 nitrogen and oxygen atoms in total. The lowest BCUT2D eigenvalue weighted by Crippen LogP contribution is -2.37. The molecule has 2 heterocycles. The molecule has 1 aliphatic heterocycles. The highest BCUT2D eigenvalue weighted by molar-refractivity contribution is 7.09. The molecule has 28 heavy (non-hydrogen) atoms. The van der Waals surface area contributed by atoms with E-state index in [0.717, 1.165) is 44.1 Å². The van der Waals surface area contributed by atoms with Gasteiger partial charge < -0.3 is 10.6 Å². The maximum Gasteiger partial charge on any atom is 0.191 e. The topological polar surface area (TPSA) is 52.6 Å². The Balaban J connectivity index is 1.39. The van der Waals surface area contributed by atoms with Gasteiger partial charge in [0.2, 0.25) is 0 Å². The predicted molar refractivity (Wildman–Crippen MR) is 119 cm³/mol. The number of guanidine groups is 1. The van der Waals surface area contributed by atoms with Crippen LogP contribution in [0, 0.1) is 0 Å². The number of hydrogen-bond acceptors (Lipinski definition) is 4. The molecule has 0 atom stereocenters. The third-order valence-corrected chi connectivity index (χ3v) is 6.18. The van der Waals surface area contributed by atoms with Gasteiger partial charge >= 0.3 is 0 Å². The van der Waals surface area contributed by atoms with Crippen molar-refractivity contribution in [3.8, 4) is 0 Å². The zero-order chi connectivity index (χ0) is 19.6.